The van der Waals surface area contributed by atoms with Gasteiger partial charge in [0.25, 0.3) is 0 Å². The largest absolute Gasteiger partial charge is 0.494 e. The van der Waals surface area contributed by atoms with Gasteiger partial charge < -0.3 is 15.8 Å². The van der Waals surface area contributed by atoms with Crippen molar-refractivity contribution in [3.8, 4) is 5.75 Å². The molecule has 148 valence electrons. The van der Waals surface area contributed by atoms with Crippen LogP contribution in [0.15, 0.2) is 48.5 Å². The van der Waals surface area contributed by atoms with Crippen molar-refractivity contribution >= 4 is 17.5 Å². The Morgan fingerprint density at radius 1 is 1.14 bits per heavy atom. The Morgan fingerprint density at radius 2 is 1.86 bits per heavy atom. The lowest BCUT2D eigenvalue weighted by atomic mass is 10.0. The van der Waals surface area contributed by atoms with Crippen molar-refractivity contribution in [3.63, 3.8) is 0 Å². The second-order valence-electron chi connectivity index (χ2n) is 6.94. The van der Waals surface area contributed by atoms with Gasteiger partial charge in [-0.15, -0.1) is 0 Å². The molecule has 6 heteroatoms. The number of anilines is 1. The lowest BCUT2D eigenvalue weighted by molar-refractivity contribution is -0.116. The van der Waals surface area contributed by atoms with E-state index in [1.165, 1.54) is 5.56 Å². The first-order valence-electron chi connectivity index (χ1n) is 9.73. The second kappa shape index (κ2) is 9.37. The number of benzene rings is 2. The van der Waals surface area contributed by atoms with Gasteiger partial charge in [-0.2, -0.15) is 0 Å². The molecule has 2 aromatic carbocycles. The van der Waals surface area contributed by atoms with Crippen molar-refractivity contribution in [2.45, 2.75) is 32.2 Å². The smallest absolute Gasteiger partial charge is 0.248 e. The topological polar surface area (TPSA) is 84.7 Å². The first-order valence-corrected chi connectivity index (χ1v) is 9.73. The number of nitrogens with two attached hydrogens (primary N) is 1. The standard InChI is InChI=1S/C22H27N3O3/c1-2-28-19-11-7-16(8-12-19)20-4-3-14-25(20)15-13-21(26)24-18-9-5-17(6-10-18)22(23)27/h5-12,20H,2-4,13-15H2,1H3,(H2,23,27)(H,24,26). The maximum atomic E-state index is 12.3. The van der Waals surface area contributed by atoms with E-state index in [-0.39, 0.29) is 5.91 Å². The Morgan fingerprint density at radius 3 is 2.50 bits per heavy atom. The molecular formula is C22H27N3O3. The molecule has 1 saturated heterocycles. The maximum absolute atomic E-state index is 12.3. The summed E-state index contributed by atoms with van der Waals surface area (Å²) in [6, 6.07) is 15.2. The second-order valence-corrected chi connectivity index (χ2v) is 6.94. The molecule has 0 aliphatic carbocycles. The molecule has 1 atom stereocenters. The molecule has 3 N–H and O–H groups in total. The lowest BCUT2D eigenvalue weighted by Crippen LogP contribution is -2.27. The Kier molecular flexibility index (Phi) is 6.66. The summed E-state index contributed by atoms with van der Waals surface area (Å²) in [5.41, 5.74) is 7.59. The number of nitrogens with zero attached hydrogens (tertiary/aromatic N) is 1. The molecule has 2 amide bonds. The molecule has 1 heterocycles. The van der Waals surface area contributed by atoms with Crippen molar-refractivity contribution in [3.05, 3.63) is 59.7 Å². The summed E-state index contributed by atoms with van der Waals surface area (Å²) in [7, 11) is 0. The van der Waals surface area contributed by atoms with E-state index >= 15 is 0 Å². The van der Waals surface area contributed by atoms with E-state index in [4.69, 9.17) is 10.5 Å². The summed E-state index contributed by atoms with van der Waals surface area (Å²) in [4.78, 5) is 25.8. The zero-order valence-corrected chi connectivity index (χ0v) is 16.2. The Balaban J connectivity index is 1.52. The molecule has 0 saturated carbocycles. The van der Waals surface area contributed by atoms with E-state index in [0.29, 0.717) is 36.9 Å². The fourth-order valence-electron chi connectivity index (χ4n) is 3.61. The van der Waals surface area contributed by atoms with Gasteiger partial charge in [-0.3, -0.25) is 14.5 Å². The molecule has 0 radical (unpaired) electrons. The van der Waals surface area contributed by atoms with Crippen LogP contribution in [-0.2, 0) is 4.79 Å². The molecule has 1 fully saturated rings. The predicted molar refractivity (Wildman–Crippen MR) is 109 cm³/mol. The summed E-state index contributed by atoms with van der Waals surface area (Å²) >= 11 is 0. The number of hydrogen-bond acceptors (Lipinski definition) is 4. The van der Waals surface area contributed by atoms with Crippen LogP contribution in [0.25, 0.3) is 0 Å². The van der Waals surface area contributed by atoms with Gasteiger partial charge in [0.05, 0.1) is 6.61 Å². The van der Waals surface area contributed by atoms with E-state index in [1.807, 2.05) is 19.1 Å². The van der Waals surface area contributed by atoms with Crippen LogP contribution in [0.5, 0.6) is 5.75 Å². The summed E-state index contributed by atoms with van der Waals surface area (Å²) in [5.74, 6) is 0.369. The lowest BCUT2D eigenvalue weighted by Gasteiger charge is -2.24. The minimum absolute atomic E-state index is 0.0378. The zero-order valence-electron chi connectivity index (χ0n) is 16.2. The zero-order chi connectivity index (χ0) is 19.9. The van der Waals surface area contributed by atoms with Crippen LogP contribution in [0.2, 0.25) is 0 Å². The van der Waals surface area contributed by atoms with Gasteiger partial charge in [0, 0.05) is 30.3 Å². The Hall–Kier alpha value is -2.86. The SMILES string of the molecule is CCOc1ccc(C2CCCN2CCC(=O)Nc2ccc(C(N)=O)cc2)cc1. The minimum Gasteiger partial charge on any atom is -0.494 e. The number of nitrogens with one attached hydrogen (secondary N) is 1. The van der Waals surface area contributed by atoms with E-state index in [2.05, 4.69) is 22.3 Å². The quantitative estimate of drug-likeness (QED) is 0.734. The molecule has 0 bridgehead atoms. The first kappa shape index (κ1) is 19.9. The van der Waals surface area contributed by atoms with Gasteiger partial charge in [0.1, 0.15) is 5.75 Å². The van der Waals surface area contributed by atoms with Gasteiger partial charge in [-0.05, 0) is 68.3 Å². The van der Waals surface area contributed by atoms with E-state index < -0.39 is 5.91 Å². The molecule has 0 aromatic heterocycles. The van der Waals surface area contributed by atoms with Crippen molar-refractivity contribution in [2.24, 2.45) is 5.73 Å². The van der Waals surface area contributed by atoms with Crippen molar-refractivity contribution < 1.29 is 14.3 Å². The highest BCUT2D eigenvalue weighted by Crippen LogP contribution is 2.32. The van der Waals surface area contributed by atoms with E-state index in [1.54, 1.807) is 24.3 Å². The first-order chi connectivity index (χ1) is 13.6. The van der Waals surface area contributed by atoms with E-state index in [9.17, 15) is 9.59 Å². The maximum Gasteiger partial charge on any atom is 0.248 e. The van der Waals surface area contributed by atoms with Crippen LogP contribution < -0.4 is 15.8 Å². The average Bonchev–Trinajstić information content (AvgIpc) is 3.16. The number of hydrogen-bond donors (Lipinski definition) is 2. The number of primary amides is 1. The minimum atomic E-state index is -0.479. The van der Waals surface area contributed by atoms with Gasteiger partial charge in [0.15, 0.2) is 0 Å². The van der Waals surface area contributed by atoms with Gasteiger partial charge in [0.2, 0.25) is 11.8 Å². The number of carbonyl (C=O) groups is 2. The molecule has 0 spiro atoms. The molecule has 6 nitrogen and oxygen atoms in total. The fraction of sp³-hybridized carbons (Fsp3) is 0.364. The molecule has 28 heavy (non-hydrogen) atoms. The van der Waals surface area contributed by atoms with Gasteiger partial charge in [-0.1, -0.05) is 12.1 Å². The van der Waals surface area contributed by atoms with Crippen LogP contribution in [0, 0.1) is 0 Å². The highest BCUT2D eigenvalue weighted by atomic mass is 16.5. The van der Waals surface area contributed by atoms with Crippen molar-refractivity contribution in [2.75, 3.05) is 25.0 Å². The number of carbonyl (C=O) groups excluding carboxylic acids is 2. The van der Waals surface area contributed by atoms with Crippen LogP contribution in [0.3, 0.4) is 0 Å². The third-order valence-corrected chi connectivity index (χ3v) is 5.02. The third kappa shape index (κ3) is 5.10. The van der Waals surface area contributed by atoms with Crippen LogP contribution >= 0.6 is 0 Å². The fourth-order valence-corrected chi connectivity index (χ4v) is 3.61. The summed E-state index contributed by atoms with van der Waals surface area (Å²) in [6.45, 7) is 4.35. The number of ether oxygens (including phenoxy) is 1. The highest BCUT2D eigenvalue weighted by molar-refractivity contribution is 5.94. The average molecular weight is 381 g/mol. The predicted octanol–water partition coefficient (Wildman–Crippen LogP) is 3.35. The summed E-state index contributed by atoms with van der Waals surface area (Å²) in [6.07, 6.45) is 2.66. The summed E-state index contributed by atoms with van der Waals surface area (Å²) < 4.78 is 5.51. The molecule has 1 aliphatic rings. The third-order valence-electron chi connectivity index (χ3n) is 5.02. The van der Waals surface area contributed by atoms with Crippen molar-refractivity contribution in [1.82, 2.24) is 4.90 Å². The summed E-state index contributed by atoms with van der Waals surface area (Å²) in [5, 5.41) is 2.87. The van der Waals surface area contributed by atoms with Crippen LogP contribution in [-0.4, -0.2) is 36.4 Å². The Labute approximate surface area is 165 Å². The number of amides is 2. The molecule has 1 aliphatic heterocycles. The Bertz CT molecular complexity index is 803. The van der Waals surface area contributed by atoms with Crippen molar-refractivity contribution in [1.29, 1.82) is 0 Å². The van der Waals surface area contributed by atoms with Gasteiger partial charge in [-0.25, -0.2) is 0 Å². The molecule has 3 rings (SSSR count). The van der Waals surface area contributed by atoms with Gasteiger partial charge >= 0.3 is 0 Å². The normalized spacial score (nSPS) is 16.7. The van der Waals surface area contributed by atoms with Crippen LogP contribution in [0.4, 0.5) is 5.69 Å². The molecule has 2 aromatic rings. The monoisotopic (exact) mass is 381 g/mol. The number of likely N-dealkylation sites (tertiary alicyclic amines) is 1. The van der Waals surface area contributed by atoms with Crippen LogP contribution in [0.1, 0.15) is 48.1 Å². The highest BCUT2D eigenvalue weighted by Gasteiger charge is 2.26. The number of rotatable bonds is 8. The molecular weight excluding hydrogens is 354 g/mol. The van der Waals surface area contributed by atoms with E-state index in [0.717, 1.165) is 25.1 Å². The molecule has 1 unspecified atom stereocenters.